The van der Waals surface area contributed by atoms with Gasteiger partial charge in [-0.15, -0.1) is 0 Å². The molecule has 0 saturated heterocycles. The van der Waals surface area contributed by atoms with E-state index in [1.807, 2.05) is 7.05 Å². The van der Waals surface area contributed by atoms with Crippen molar-refractivity contribution in [2.45, 2.75) is 46.1 Å². The van der Waals surface area contributed by atoms with Crippen molar-refractivity contribution >= 4 is 0 Å². The van der Waals surface area contributed by atoms with E-state index >= 15 is 0 Å². The number of ether oxygens (including phenoxy) is 1. The van der Waals surface area contributed by atoms with Gasteiger partial charge >= 0.3 is 0 Å². The van der Waals surface area contributed by atoms with Gasteiger partial charge < -0.3 is 10.1 Å². The van der Waals surface area contributed by atoms with Crippen LogP contribution in [0, 0.1) is 6.92 Å². The fourth-order valence-corrected chi connectivity index (χ4v) is 1.80. The molecule has 0 bridgehead atoms. The van der Waals surface area contributed by atoms with Crippen LogP contribution in [0.1, 0.15) is 50.3 Å². The highest BCUT2D eigenvalue weighted by atomic mass is 16.5. The molecule has 1 aromatic rings. The average molecular weight is 235 g/mol. The van der Waals surface area contributed by atoms with Crippen LogP contribution in [-0.2, 0) is 0 Å². The average Bonchev–Trinajstić information content (AvgIpc) is 2.35. The van der Waals surface area contributed by atoms with Crippen molar-refractivity contribution < 1.29 is 4.74 Å². The van der Waals surface area contributed by atoms with Gasteiger partial charge in [0.15, 0.2) is 0 Å². The van der Waals surface area contributed by atoms with Crippen LogP contribution in [0.2, 0.25) is 0 Å². The van der Waals surface area contributed by atoms with E-state index in [1.54, 1.807) is 0 Å². The number of aryl methyl sites for hydroxylation is 1. The second kappa shape index (κ2) is 7.33. The Kier molecular flexibility index (Phi) is 6.06. The quantitative estimate of drug-likeness (QED) is 0.725. The SMILES string of the molecule is CCCCCOc1ccc(C(C)NC)cc1C. The molecule has 0 radical (unpaired) electrons. The maximum absolute atomic E-state index is 5.79. The second-order valence-corrected chi connectivity index (χ2v) is 4.59. The molecule has 0 heterocycles. The molecular formula is C15H25NO. The summed E-state index contributed by atoms with van der Waals surface area (Å²) < 4.78 is 5.79. The van der Waals surface area contributed by atoms with E-state index in [9.17, 15) is 0 Å². The van der Waals surface area contributed by atoms with E-state index in [0.29, 0.717) is 6.04 Å². The molecule has 0 fully saturated rings. The molecule has 1 unspecified atom stereocenters. The van der Waals surface area contributed by atoms with Crippen LogP contribution < -0.4 is 10.1 Å². The molecule has 17 heavy (non-hydrogen) atoms. The van der Waals surface area contributed by atoms with Gasteiger partial charge in [0, 0.05) is 6.04 Å². The molecule has 0 aliphatic rings. The highest BCUT2D eigenvalue weighted by molar-refractivity contribution is 5.37. The Bertz CT molecular complexity index is 336. The van der Waals surface area contributed by atoms with E-state index < -0.39 is 0 Å². The molecule has 0 aliphatic heterocycles. The van der Waals surface area contributed by atoms with E-state index in [4.69, 9.17) is 4.74 Å². The van der Waals surface area contributed by atoms with Gasteiger partial charge in [-0.1, -0.05) is 31.9 Å². The highest BCUT2D eigenvalue weighted by Crippen LogP contribution is 2.22. The van der Waals surface area contributed by atoms with Crippen LogP contribution in [0.25, 0.3) is 0 Å². The third-order valence-electron chi connectivity index (χ3n) is 3.14. The lowest BCUT2D eigenvalue weighted by atomic mass is 10.1. The summed E-state index contributed by atoms with van der Waals surface area (Å²) in [5.74, 6) is 1.02. The highest BCUT2D eigenvalue weighted by Gasteiger charge is 2.05. The Hall–Kier alpha value is -1.02. The molecule has 0 spiro atoms. The third kappa shape index (κ3) is 4.39. The Morgan fingerprint density at radius 3 is 2.65 bits per heavy atom. The lowest BCUT2D eigenvalue weighted by Crippen LogP contribution is -2.12. The van der Waals surface area contributed by atoms with Gasteiger partial charge in [-0.05, 0) is 44.5 Å². The third-order valence-corrected chi connectivity index (χ3v) is 3.14. The number of hydrogen-bond donors (Lipinski definition) is 1. The molecule has 96 valence electrons. The van der Waals surface area contributed by atoms with Crippen molar-refractivity contribution in [1.29, 1.82) is 0 Å². The molecule has 2 nitrogen and oxygen atoms in total. The van der Waals surface area contributed by atoms with Gasteiger partial charge in [-0.25, -0.2) is 0 Å². The van der Waals surface area contributed by atoms with Crippen LogP contribution >= 0.6 is 0 Å². The predicted molar refractivity (Wildman–Crippen MR) is 73.7 cm³/mol. The summed E-state index contributed by atoms with van der Waals surface area (Å²) >= 11 is 0. The maximum atomic E-state index is 5.79. The molecule has 0 amide bonds. The molecule has 0 aromatic heterocycles. The molecule has 0 saturated carbocycles. The van der Waals surface area contributed by atoms with Crippen LogP contribution in [-0.4, -0.2) is 13.7 Å². The minimum atomic E-state index is 0.392. The number of rotatable bonds is 7. The largest absolute Gasteiger partial charge is 0.493 e. The van der Waals surface area contributed by atoms with Gasteiger partial charge in [0.1, 0.15) is 5.75 Å². The van der Waals surface area contributed by atoms with Crippen molar-refractivity contribution in [3.63, 3.8) is 0 Å². The molecule has 0 aliphatic carbocycles. The maximum Gasteiger partial charge on any atom is 0.122 e. The fourth-order valence-electron chi connectivity index (χ4n) is 1.80. The summed E-state index contributed by atoms with van der Waals surface area (Å²) in [6.07, 6.45) is 3.62. The van der Waals surface area contributed by atoms with Crippen LogP contribution in [0.4, 0.5) is 0 Å². The summed E-state index contributed by atoms with van der Waals surface area (Å²) in [6.45, 7) is 7.31. The van der Waals surface area contributed by atoms with Gasteiger partial charge in [0.2, 0.25) is 0 Å². The zero-order valence-electron chi connectivity index (χ0n) is 11.5. The molecular weight excluding hydrogens is 210 g/mol. The van der Waals surface area contributed by atoms with E-state index in [0.717, 1.165) is 18.8 Å². The summed E-state index contributed by atoms with van der Waals surface area (Å²) in [7, 11) is 1.98. The Labute approximate surface area is 105 Å². The Morgan fingerprint density at radius 2 is 2.06 bits per heavy atom. The van der Waals surface area contributed by atoms with Gasteiger partial charge in [-0.2, -0.15) is 0 Å². The van der Waals surface area contributed by atoms with E-state index in [-0.39, 0.29) is 0 Å². The molecule has 1 aromatic carbocycles. The zero-order chi connectivity index (χ0) is 12.7. The number of hydrogen-bond acceptors (Lipinski definition) is 2. The number of unbranched alkanes of at least 4 members (excludes halogenated alkanes) is 2. The first kappa shape index (κ1) is 14.0. The fraction of sp³-hybridized carbons (Fsp3) is 0.600. The van der Waals surface area contributed by atoms with Crippen molar-refractivity contribution in [3.05, 3.63) is 29.3 Å². The van der Waals surface area contributed by atoms with Crippen LogP contribution in [0.15, 0.2) is 18.2 Å². The first-order chi connectivity index (χ1) is 8.19. The van der Waals surface area contributed by atoms with Crippen molar-refractivity contribution in [3.8, 4) is 5.75 Å². The monoisotopic (exact) mass is 235 g/mol. The Balaban J connectivity index is 2.57. The standard InChI is InChI=1S/C15H25NO/c1-5-6-7-10-17-15-9-8-14(11-12(15)2)13(3)16-4/h8-9,11,13,16H,5-7,10H2,1-4H3. The zero-order valence-corrected chi connectivity index (χ0v) is 11.5. The summed E-state index contributed by atoms with van der Waals surface area (Å²) in [5.41, 5.74) is 2.53. The smallest absolute Gasteiger partial charge is 0.122 e. The van der Waals surface area contributed by atoms with Gasteiger partial charge in [0.05, 0.1) is 6.61 Å². The van der Waals surface area contributed by atoms with Gasteiger partial charge in [-0.3, -0.25) is 0 Å². The van der Waals surface area contributed by atoms with E-state index in [2.05, 4.69) is 44.3 Å². The van der Waals surface area contributed by atoms with Crippen molar-refractivity contribution in [1.82, 2.24) is 5.32 Å². The molecule has 1 N–H and O–H groups in total. The topological polar surface area (TPSA) is 21.3 Å². The number of nitrogens with one attached hydrogen (secondary N) is 1. The molecule has 2 heteroatoms. The van der Waals surface area contributed by atoms with Gasteiger partial charge in [0.25, 0.3) is 0 Å². The normalized spacial score (nSPS) is 12.5. The van der Waals surface area contributed by atoms with Crippen molar-refractivity contribution in [2.75, 3.05) is 13.7 Å². The summed E-state index contributed by atoms with van der Waals surface area (Å²) in [4.78, 5) is 0. The van der Waals surface area contributed by atoms with Crippen molar-refractivity contribution in [2.24, 2.45) is 0 Å². The minimum absolute atomic E-state index is 0.392. The minimum Gasteiger partial charge on any atom is -0.493 e. The summed E-state index contributed by atoms with van der Waals surface area (Å²) in [6, 6.07) is 6.83. The summed E-state index contributed by atoms with van der Waals surface area (Å²) in [5, 5.41) is 3.25. The van der Waals surface area contributed by atoms with E-state index in [1.165, 1.54) is 24.0 Å². The lowest BCUT2D eigenvalue weighted by Gasteiger charge is -2.14. The first-order valence-corrected chi connectivity index (χ1v) is 6.59. The molecule has 1 rings (SSSR count). The Morgan fingerprint density at radius 1 is 1.29 bits per heavy atom. The second-order valence-electron chi connectivity index (χ2n) is 4.59. The first-order valence-electron chi connectivity index (χ1n) is 6.59. The predicted octanol–water partition coefficient (Wildman–Crippen LogP) is 3.84. The lowest BCUT2D eigenvalue weighted by molar-refractivity contribution is 0.304. The van der Waals surface area contributed by atoms with Crippen LogP contribution in [0.5, 0.6) is 5.75 Å². The number of benzene rings is 1. The molecule has 1 atom stereocenters. The van der Waals surface area contributed by atoms with Crippen LogP contribution in [0.3, 0.4) is 0 Å².